The van der Waals surface area contributed by atoms with Crippen LogP contribution in [0.5, 0.6) is 0 Å². The zero-order chi connectivity index (χ0) is 14.7. The third-order valence-electron chi connectivity index (χ3n) is 2.70. The first-order valence-corrected chi connectivity index (χ1v) is 7.32. The summed E-state index contributed by atoms with van der Waals surface area (Å²) in [6.07, 6.45) is 0.184. The van der Waals surface area contributed by atoms with Crippen molar-refractivity contribution in [2.45, 2.75) is 20.3 Å². The quantitative estimate of drug-likeness (QED) is 0.870. The molecule has 0 aromatic carbocycles. The summed E-state index contributed by atoms with van der Waals surface area (Å²) >= 11 is 7.51. The number of halogens is 1. The zero-order valence-corrected chi connectivity index (χ0v) is 12.8. The highest BCUT2D eigenvalue weighted by atomic mass is 35.5. The van der Waals surface area contributed by atoms with Gasteiger partial charge < -0.3 is 10.4 Å². The SMILES string of the molecule is Cc1nn(-c2nc(CC(=O)NCCO)cs2)c(C)c1Cl. The van der Waals surface area contributed by atoms with Gasteiger partial charge >= 0.3 is 0 Å². The number of rotatable bonds is 5. The highest BCUT2D eigenvalue weighted by Gasteiger charge is 2.14. The molecule has 0 saturated heterocycles. The Morgan fingerprint density at radius 3 is 2.90 bits per heavy atom. The number of nitrogens with one attached hydrogen (secondary N) is 1. The summed E-state index contributed by atoms with van der Waals surface area (Å²) in [5.74, 6) is -0.165. The van der Waals surface area contributed by atoms with Crippen LogP contribution in [0.2, 0.25) is 5.02 Å². The van der Waals surface area contributed by atoms with Crippen molar-refractivity contribution in [3.8, 4) is 5.13 Å². The maximum absolute atomic E-state index is 11.5. The fraction of sp³-hybridized carbons (Fsp3) is 0.417. The van der Waals surface area contributed by atoms with Gasteiger partial charge in [-0.05, 0) is 13.8 Å². The van der Waals surface area contributed by atoms with Crippen LogP contribution in [0.1, 0.15) is 17.1 Å². The molecule has 0 spiro atoms. The van der Waals surface area contributed by atoms with E-state index < -0.39 is 0 Å². The molecule has 2 aromatic rings. The van der Waals surface area contributed by atoms with Crippen LogP contribution in [-0.4, -0.2) is 38.9 Å². The van der Waals surface area contributed by atoms with Gasteiger partial charge in [-0.1, -0.05) is 11.6 Å². The Hall–Kier alpha value is -1.44. The van der Waals surface area contributed by atoms with Crippen LogP contribution in [-0.2, 0) is 11.2 Å². The molecule has 0 aliphatic carbocycles. The minimum Gasteiger partial charge on any atom is -0.395 e. The Kier molecular flexibility index (Phi) is 4.74. The molecule has 0 atom stereocenters. The number of aryl methyl sites for hydroxylation is 1. The topological polar surface area (TPSA) is 80.0 Å². The van der Waals surface area contributed by atoms with Crippen LogP contribution in [0, 0.1) is 13.8 Å². The normalized spacial score (nSPS) is 10.8. The van der Waals surface area contributed by atoms with E-state index in [-0.39, 0.29) is 25.5 Å². The van der Waals surface area contributed by atoms with Crippen molar-refractivity contribution in [1.82, 2.24) is 20.1 Å². The first kappa shape index (κ1) is 15.0. The largest absolute Gasteiger partial charge is 0.395 e. The number of hydrogen-bond acceptors (Lipinski definition) is 5. The third-order valence-corrected chi connectivity index (χ3v) is 4.11. The Bertz CT molecular complexity index is 623. The number of carbonyl (C=O) groups excluding carboxylic acids is 1. The summed E-state index contributed by atoms with van der Waals surface area (Å²) in [6.45, 7) is 3.89. The average Bonchev–Trinajstić information content (AvgIpc) is 2.97. The van der Waals surface area contributed by atoms with Crippen LogP contribution < -0.4 is 5.32 Å². The molecular weight excluding hydrogens is 300 g/mol. The first-order chi connectivity index (χ1) is 9.52. The lowest BCUT2D eigenvalue weighted by atomic mass is 10.3. The van der Waals surface area contributed by atoms with Gasteiger partial charge in [0.1, 0.15) is 0 Å². The highest BCUT2D eigenvalue weighted by Crippen LogP contribution is 2.24. The van der Waals surface area contributed by atoms with Crippen LogP contribution in [0.15, 0.2) is 5.38 Å². The minimum absolute atomic E-state index is 0.0711. The van der Waals surface area contributed by atoms with E-state index in [4.69, 9.17) is 16.7 Å². The molecule has 0 radical (unpaired) electrons. The summed E-state index contributed by atoms with van der Waals surface area (Å²) in [4.78, 5) is 15.9. The van der Waals surface area contributed by atoms with Crippen molar-refractivity contribution < 1.29 is 9.90 Å². The molecule has 2 aromatic heterocycles. The Balaban J connectivity index is 2.12. The van der Waals surface area contributed by atoms with Crippen molar-refractivity contribution in [2.24, 2.45) is 0 Å². The van der Waals surface area contributed by atoms with Crippen LogP contribution in [0.3, 0.4) is 0 Å². The molecule has 0 bridgehead atoms. The lowest BCUT2D eigenvalue weighted by molar-refractivity contribution is -0.120. The maximum atomic E-state index is 11.5. The molecule has 2 rings (SSSR count). The van der Waals surface area contributed by atoms with Gasteiger partial charge in [0.2, 0.25) is 11.0 Å². The number of nitrogens with zero attached hydrogens (tertiary/aromatic N) is 3. The Labute approximate surface area is 125 Å². The number of aliphatic hydroxyl groups is 1. The van der Waals surface area contributed by atoms with E-state index in [9.17, 15) is 4.79 Å². The molecule has 8 heteroatoms. The molecule has 20 heavy (non-hydrogen) atoms. The van der Waals surface area contributed by atoms with Gasteiger partial charge in [-0.2, -0.15) is 5.10 Å². The van der Waals surface area contributed by atoms with Gasteiger partial charge in [-0.3, -0.25) is 4.79 Å². The second-order valence-corrected chi connectivity index (χ2v) is 5.48. The third kappa shape index (κ3) is 3.17. The number of aliphatic hydroxyl groups excluding tert-OH is 1. The molecule has 2 heterocycles. The van der Waals surface area contributed by atoms with E-state index in [0.29, 0.717) is 15.8 Å². The second kappa shape index (κ2) is 6.34. The fourth-order valence-corrected chi connectivity index (χ4v) is 2.65. The zero-order valence-electron chi connectivity index (χ0n) is 11.2. The molecule has 0 fully saturated rings. The van der Waals surface area contributed by atoms with Crippen LogP contribution in [0.4, 0.5) is 0 Å². The summed E-state index contributed by atoms with van der Waals surface area (Å²) in [7, 11) is 0. The number of amides is 1. The molecule has 6 nitrogen and oxygen atoms in total. The van der Waals surface area contributed by atoms with Crippen LogP contribution >= 0.6 is 22.9 Å². The number of hydrogen-bond donors (Lipinski definition) is 2. The first-order valence-electron chi connectivity index (χ1n) is 6.07. The number of carbonyl (C=O) groups is 1. The van der Waals surface area contributed by atoms with Crippen molar-refractivity contribution in [2.75, 3.05) is 13.2 Å². The van der Waals surface area contributed by atoms with Crippen molar-refractivity contribution in [3.63, 3.8) is 0 Å². The van der Waals surface area contributed by atoms with Gasteiger partial charge in [-0.25, -0.2) is 9.67 Å². The number of thiazole rings is 1. The van der Waals surface area contributed by atoms with Gasteiger partial charge in [-0.15, -0.1) is 11.3 Å². The van der Waals surface area contributed by atoms with E-state index >= 15 is 0 Å². The van der Waals surface area contributed by atoms with E-state index in [1.54, 1.807) is 4.68 Å². The minimum atomic E-state index is -0.165. The summed E-state index contributed by atoms with van der Waals surface area (Å²) in [5, 5.41) is 18.7. The molecule has 0 saturated carbocycles. The maximum Gasteiger partial charge on any atom is 0.226 e. The smallest absolute Gasteiger partial charge is 0.226 e. The molecule has 2 N–H and O–H groups in total. The molecule has 108 valence electrons. The van der Waals surface area contributed by atoms with Gasteiger partial charge in [0.05, 0.1) is 35.1 Å². The van der Waals surface area contributed by atoms with Crippen molar-refractivity contribution in [3.05, 3.63) is 27.5 Å². The van der Waals surface area contributed by atoms with Crippen molar-refractivity contribution >= 4 is 28.8 Å². The lowest BCUT2D eigenvalue weighted by Crippen LogP contribution is -2.27. The monoisotopic (exact) mass is 314 g/mol. The Morgan fingerprint density at radius 2 is 2.30 bits per heavy atom. The molecule has 0 unspecified atom stereocenters. The van der Waals surface area contributed by atoms with E-state index in [2.05, 4.69) is 15.4 Å². The summed E-state index contributed by atoms with van der Waals surface area (Å²) < 4.78 is 1.68. The van der Waals surface area contributed by atoms with Crippen LogP contribution in [0.25, 0.3) is 5.13 Å². The van der Waals surface area contributed by atoms with E-state index in [1.807, 2.05) is 19.2 Å². The molecule has 0 aliphatic heterocycles. The standard InChI is InChI=1S/C12H15ClN4O2S/c1-7-11(13)8(2)17(16-7)12-15-9(6-20-12)5-10(19)14-3-4-18/h6,18H,3-5H2,1-2H3,(H,14,19). The second-order valence-electron chi connectivity index (χ2n) is 4.27. The Morgan fingerprint density at radius 1 is 1.55 bits per heavy atom. The molecule has 0 aliphatic rings. The van der Waals surface area contributed by atoms with Gasteiger partial charge in [0.25, 0.3) is 0 Å². The summed E-state index contributed by atoms with van der Waals surface area (Å²) in [5.41, 5.74) is 2.25. The van der Waals surface area contributed by atoms with Crippen molar-refractivity contribution in [1.29, 1.82) is 0 Å². The number of aromatic nitrogens is 3. The lowest BCUT2D eigenvalue weighted by Gasteiger charge is -2.00. The molecular formula is C12H15ClN4O2S. The summed E-state index contributed by atoms with van der Waals surface area (Å²) in [6, 6.07) is 0. The van der Waals surface area contributed by atoms with E-state index in [0.717, 1.165) is 11.4 Å². The van der Waals surface area contributed by atoms with E-state index in [1.165, 1.54) is 11.3 Å². The fourth-order valence-electron chi connectivity index (χ4n) is 1.71. The highest BCUT2D eigenvalue weighted by molar-refractivity contribution is 7.12. The predicted molar refractivity (Wildman–Crippen MR) is 77.5 cm³/mol. The molecule has 1 amide bonds. The van der Waals surface area contributed by atoms with Gasteiger partial charge in [0.15, 0.2) is 0 Å². The predicted octanol–water partition coefficient (Wildman–Crippen LogP) is 1.25. The average molecular weight is 315 g/mol. The van der Waals surface area contributed by atoms with Gasteiger partial charge in [0, 0.05) is 11.9 Å².